The van der Waals surface area contributed by atoms with E-state index in [9.17, 15) is 4.79 Å². The van der Waals surface area contributed by atoms with E-state index in [2.05, 4.69) is 5.32 Å². The topological polar surface area (TPSA) is 38.3 Å². The van der Waals surface area contributed by atoms with Crippen LogP contribution in [0.5, 0.6) is 5.75 Å². The predicted molar refractivity (Wildman–Crippen MR) is 89.2 cm³/mol. The second kappa shape index (κ2) is 8.44. The van der Waals surface area contributed by atoms with E-state index in [-0.39, 0.29) is 5.91 Å². The summed E-state index contributed by atoms with van der Waals surface area (Å²) in [6.45, 7) is 3.12. The molecule has 2 aromatic carbocycles. The average molecular weight is 318 g/mol. The fraction of sp³-hybridized carbons (Fsp3) is 0.278. The lowest BCUT2D eigenvalue weighted by Crippen LogP contribution is -2.22. The molecule has 0 fully saturated rings. The van der Waals surface area contributed by atoms with Crippen molar-refractivity contribution >= 4 is 17.5 Å². The fourth-order valence-electron chi connectivity index (χ4n) is 1.95. The van der Waals surface area contributed by atoms with Crippen molar-refractivity contribution < 1.29 is 9.53 Å². The van der Waals surface area contributed by atoms with E-state index in [0.29, 0.717) is 31.0 Å². The molecule has 3 nitrogen and oxygen atoms in total. The van der Waals surface area contributed by atoms with E-state index in [4.69, 9.17) is 16.3 Å². The van der Waals surface area contributed by atoms with Gasteiger partial charge in [-0.25, -0.2) is 0 Å². The number of aryl methyl sites for hydroxylation is 1. The summed E-state index contributed by atoms with van der Waals surface area (Å²) in [4.78, 5) is 11.8. The molecular formula is C18H20ClNO2. The molecule has 0 bridgehead atoms. The van der Waals surface area contributed by atoms with Crippen LogP contribution in [0.2, 0.25) is 5.02 Å². The zero-order valence-electron chi connectivity index (χ0n) is 12.6. The summed E-state index contributed by atoms with van der Waals surface area (Å²) < 4.78 is 5.55. The maximum absolute atomic E-state index is 11.8. The number of halogens is 1. The van der Waals surface area contributed by atoms with Crippen molar-refractivity contribution in [1.82, 2.24) is 5.32 Å². The number of carbonyl (C=O) groups is 1. The molecule has 0 aliphatic heterocycles. The molecule has 22 heavy (non-hydrogen) atoms. The molecule has 0 saturated carbocycles. The van der Waals surface area contributed by atoms with E-state index < -0.39 is 0 Å². The van der Waals surface area contributed by atoms with Gasteiger partial charge in [0, 0.05) is 18.0 Å². The maximum atomic E-state index is 11.8. The van der Waals surface area contributed by atoms with Crippen LogP contribution in [0.25, 0.3) is 0 Å². The first-order valence-electron chi connectivity index (χ1n) is 7.34. The average Bonchev–Trinajstić information content (AvgIpc) is 2.53. The van der Waals surface area contributed by atoms with Gasteiger partial charge in [-0.05, 0) is 43.2 Å². The van der Waals surface area contributed by atoms with Crippen LogP contribution in [0.15, 0.2) is 48.5 Å². The Kier molecular flexibility index (Phi) is 6.28. The number of hydrogen-bond acceptors (Lipinski definition) is 2. The van der Waals surface area contributed by atoms with Crippen LogP contribution in [0.1, 0.15) is 24.0 Å². The van der Waals surface area contributed by atoms with E-state index >= 15 is 0 Å². The maximum Gasteiger partial charge on any atom is 0.220 e. The van der Waals surface area contributed by atoms with Gasteiger partial charge < -0.3 is 10.1 Å². The van der Waals surface area contributed by atoms with E-state index in [0.717, 1.165) is 11.3 Å². The standard InChI is InChI=1S/C18H20ClNO2/c1-14-4-6-15(7-5-14)13-20-18(21)3-2-12-22-17-10-8-16(19)9-11-17/h4-11H,2-3,12-13H2,1H3,(H,20,21). The molecule has 0 aromatic heterocycles. The first-order valence-corrected chi connectivity index (χ1v) is 7.72. The third kappa shape index (κ3) is 5.78. The molecule has 0 radical (unpaired) electrons. The summed E-state index contributed by atoms with van der Waals surface area (Å²) in [6.07, 6.45) is 1.14. The Morgan fingerprint density at radius 2 is 1.77 bits per heavy atom. The lowest BCUT2D eigenvalue weighted by molar-refractivity contribution is -0.121. The Hall–Kier alpha value is -2.00. The highest BCUT2D eigenvalue weighted by atomic mass is 35.5. The predicted octanol–water partition coefficient (Wildman–Crippen LogP) is 4.12. The minimum atomic E-state index is 0.0419. The van der Waals surface area contributed by atoms with Crippen molar-refractivity contribution in [2.24, 2.45) is 0 Å². The van der Waals surface area contributed by atoms with Gasteiger partial charge in [-0.15, -0.1) is 0 Å². The Morgan fingerprint density at radius 3 is 2.45 bits per heavy atom. The van der Waals surface area contributed by atoms with E-state index in [1.807, 2.05) is 43.3 Å². The van der Waals surface area contributed by atoms with E-state index in [1.165, 1.54) is 5.56 Å². The van der Waals surface area contributed by atoms with Crippen molar-refractivity contribution in [3.05, 3.63) is 64.7 Å². The quantitative estimate of drug-likeness (QED) is 0.780. The molecule has 1 N–H and O–H groups in total. The van der Waals surface area contributed by atoms with Crippen LogP contribution in [-0.4, -0.2) is 12.5 Å². The van der Waals surface area contributed by atoms with Gasteiger partial charge in [0.15, 0.2) is 0 Å². The Balaban J connectivity index is 1.61. The van der Waals surface area contributed by atoms with Crippen LogP contribution in [0.3, 0.4) is 0 Å². The monoisotopic (exact) mass is 317 g/mol. The second-order valence-electron chi connectivity index (χ2n) is 5.17. The van der Waals surface area contributed by atoms with Gasteiger partial charge in [0.2, 0.25) is 5.91 Å². The zero-order chi connectivity index (χ0) is 15.8. The van der Waals surface area contributed by atoms with Gasteiger partial charge >= 0.3 is 0 Å². The van der Waals surface area contributed by atoms with Crippen LogP contribution >= 0.6 is 11.6 Å². The molecular weight excluding hydrogens is 298 g/mol. The second-order valence-corrected chi connectivity index (χ2v) is 5.60. The van der Waals surface area contributed by atoms with Gasteiger partial charge in [-0.3, -0.25) is 4.79 Å². The van der Waals surface area contributed by atoms with Crippen molar-refractivity contribution in [1.29, 1.82) is 0 Å². The summed E-state index contributed by atoms with van der Waals surface area (Å²) in [5.41, 5.74) is 2.32. The van der Waals surface area contributed by atoms with Crippen molar-refractivity contribution in [3.8, 4) is 5.75 Å². The Bertz CT molecular complexity index is 593. The Morgan fingerprint density at radius 1 is 1.09 bits per heavy atom. The van der Waals surface area contributed by atoms with Gasteiger partial charge in [-0.2, -0.15) is 0 Å². The number of hydrogen-bond donors (Lipinski definition) is 1. The normalized spacial score (nSPS) is 10.3. The lowest BCUT2D eigenvalue weighted by Gasteiger charge is -2.07. The molecule has 0 aliphatic rings. The van der Waals surface area contributed by atoms with Crippen LogP contribution < -0.4 is 10.1 Å². The van der Waals surface area contributed by atoms with Crippen LogP contribution in [0.4, 0.5) is 0 Å². The van der Waals surface area contributed by atoms with Gasteiger partial charge in [0.25, 0.3) is 0 Å². The van der Waals surface area contributed by atoms with Gasteiger partial charge in [0.1, 0.15) is 5.75 Å². The number of ether oxygens (including phenoxy) is 1. The zero-order valence-corrected chi connectivity index (χ0v) is 13.4. The third-order valence-electron chi connectivity index (χ3n) is 3.24. The smallest absolute Gasteiger partial charge is 0.220 e. The van der Waals surface area contributed by atoms with Crippen molar-refractivity contribution in [3.63, 3.8) is 0 Å². The highest BCUT2D eigenvalue weighted by Crippen LogP contribution is 2.15. The molecule has 0 aliphatic carbocycles. The minimum Gasteiger partial charge on any atom is -0.494 e. The number of carbonyl (C=O) groups excluding carboxylic acids is 1. The van der Waals surface area contributed by atoms with Crippen LogP contribution in [0, 0.1) is 6.92 Å². The number of nitrogens with one attached hydrogen (secondary N) is 1. The molecule has 0 unspecified atom stereocenters. The summed E-state index contributed by atoms with van der Waals surface area (Å²) in [6, 6.07) is 15.3. The molecule has 4 heteroatoms. The summed E-state index contributed by atoms with van der Waals surface area (Å²) in [5.74, 6) is 0.810. The summed E-state index contributed by atoms with van der Waals surface area (Å²) in [7, 11) is 0. The fourth-order valence-corrected chi connectivity index (χ4v) is 2.07. The van der Waals surface area contributed by atoms with Crippen molar-refractivity contribution in [2.45, 2.75) is 26.3 Å². The number of amides is 1. The molecule has 116 valence electrons. The Labute approximate surface area is 136 Å². The van der Waals surface area contributed by atoms with Gasteiger partial charge in [0.05, 0.1) is 6.61 Å². The molecule has 2 rings (SSSR count). The number of rotatable bonds is 7. The largest absolute Gasteiger partial charge is 0.494 e. The number of benzene rings is 2. The molecule has 0 heterocycles. The SMILES string of the molecule is Cc1ccc(CNC(=O)CCCOc2ccc(Cl)cc2)cc1. The summed E-state index contributed by atoms with van der Waals surface area (Å²) >= 11 is 5.80. The molecule has 0 saturated heterocycles. The highest BCUT2D eigenvalue weighted by Gasteiger charge is 2.02. The molecule has 0 spiro atoms. The lowest BCUT2D eigenvalue weighted by atomic mass is 10.1. The van der Waals surface area contributed by atoms with Crippen LogP contribution in [-0.2, 0) is 11.3 Å². The summed E-state index contributed by atoms with van der Waals surface area (Å²) in [5, 5.41) is 3.60. The highest BCUT2D eigenvalue weighted by molar-refractivity contribution is 6.30. The minimum absolute atomic E-state index is 0.0419. The van der Waals surface area contributed by atoms with Gasteiger partial charge in [-0.1, -0.05) is 41.4 Å². The molecule has 2 aromatic rings. The molecule has 1 amide bonds. The van der Waals surface area contributed by atoms with Crippen molar-refractivity contribution in [2.75, 3.05) is 6.61 Å². The first kappa shape index (κ1) is 16.4. The first-order chi connectivity index (χ1) is 10.6. The van der Waals surface area contributed by atoms with E-state index in [1.54, 1.807) is 12.1 Å². The third-order valence-corrected chi connectivity index (χ3v) is 3.49. The molecule has 0 atom stereocenters.